The summed E-state index contributed by atoms with van der Waals surface area (Å²) in [5.74, 6) is -1.97. The number of hydrogen-bond donors (Lipinski definition) is 3. The second-order valence-electron chi connectivity index (χ2n) is 6.88. The third-order valence-corrected chi connectivity index (χ3v) is 4.83. The molecule has 0 aromatic heterocycles. The molecule has 0 unspecified atom stereocenters. The van der Waals surface area contributed by atoms with E-state index in [1.807, 2.05) is 6.07 Å². The van der Waals surface area contributed by atoms with Crippen molar-refractivity contribution in [2.75, 3.05) is 44.6 Å². The Morgan fingerprint density at radius 2 is 1.69 bits per heavy atom. The molecule has 1 aliphatic rings. The van der Waals surface area contributed by atoms with Gasteiger partial charge < -0.3 is 20.4 Å². The molecule has 29 heavy (non-hydrogen) atoms. The molecule has 0 atom stereocenters. The minimum absolute atomic E-state index is 0.172. The molecule has 0 aliphatic carbocycles. The number of carbonyl (C=O) groups is 3. The number of quaternary nitrogens is 1. The second-order valence-corrected chi connectivity index (χ2v) is 6.88. The summed E-state index contributed by atoms with van der Waals surface area (Å²) in [6, 6.07) is 14.5. The van der Waals surface area contributed by atoms with E-state index in [1.165, 1.54) is 23.1 Å². The Labute approximate surface area is 168 Å². The average Bonchev–Trinajstić information content (AvgIpc) is 2.74. The lowest BCUT2D eigenvalue weighted by Crippen LogP contribution is -3.15. The molecule has 2 aromatic carbocycles. The van der Waals surface area contributed by atoms with E-state index in [0.717, 1.165) is 13.1 Å². The maximum Gasteiger partial charge on any atom is 0.313 e. The fourth-order valence-corrected chi connectivity index (χ4v) is 3.22. The highest BCUT2D eigenvalue weighted by Crippen LogP contribution is 2.07. The largest absolute Gasteiger partial charge is 0.342 e. The predicted molar refractivity (Wildman–Crippen MR) is 106 cm³/mol. The monoisotopic (exact) mass is 399 g/mol. The Bertz CT molecular complexity index is 867. The van der Waals surface area contributed by atoms with Crippen LogP contribution in [0.5, 0.6) is 0 Å². The molecule has 3 rings (SSSR count). The van der Waals surface area contributed by atoms with Crippen molar-refractivity contribution < 1.29 is 23.7 Å². The van der Waals surface area contributed by atoms with Crippen molar-refractivity contribution in [3.05, 3.63) is 66.0 Å². The molecule has 8 heteroatoms. The van der Waals surface area contributed by atoms with Gasteiger partial charge in [-0.2, -0.15) is 0 Å². The Kier molecular flexibility index (Phi) is 6.91. The number of amides is 3. The number of nitrogens with zero attached hydrogens (tertiary/aromatic N) is 1. The van der Waals surface area contributed by atoms with Crippen molar-refractivity contribution in [1.82, 2.24) is 10.2 Å². The van der Waals surface area contributed by atoms with Crippen LogP contribution in [0.2, 0.25) is 0 Å². The van der Waals surface area contributed by atoms with Gasteiger partial charge in [-0.25, -0.2) is 4.39 Å². The van der Waals surface area contributed by atoms with E-state index in [2.05, 4.69) is 10.6 Å². The fraction of sp³-hybridized carbons (Fsp3) is 0.286. The average molecular weight is 399 g/mol. The van der Waals surface area contributed by atoms with Crippen LogP contribution in [0, 0.1) is 5.82 Å². The molecule has 3 amide bonds. The lowest BCUT2D eigenvalue weighted by Gasteiger charge is -2.32. The number of para-hydroxylation sites is 1. The minimum atomic E-state index is -0.697. The van der Waals surface area contributed by atoms with Gasteiger partial charge in [-0.15, -0.1) is 0 Å². The highest BCUT2D eigenvalue weighted by atomic mass is 19.1. The molecule has 1 aliphatic heterocycles. The van der Waals surface area contributed by atoms with Gasteiger partial charge in [0, 0.05) is 11.3 Å². The van der Waals surface area contributed by atoms with Crippen molar-refractivity contribution in [3.63, 3.8) is 0 Å². The van der Waals surface area contributed by atoms with Gasteiger partial charge in [0.05, 0.1) is 39.3 Å². The SMILES string of the molecule is O=C(NCC[NH+]1CCN(C(=O)c2cccc(F)c2)CC1)C(=O)Nc1ccccc1. The van der Waals surface area contributed by atoms with Gasteiger partial charge in [-0.3, -0.25) is 14.4 Å². The van der Waals surface area contributed by atoms with Crippen molar-refractivity contribution in [3.8, 4) is 0 Å². The van der Waals surface area contributed by atoms with Crippen LogP contribution < -0.4 is 15.5 Å². The third-order valence-electron chi connectivity index (χ3n) is 4.83. The molecule has 3 N–H and O–H groups in total. The molecule has 0 bridgehead atoms. The number of anilines is 1. The number of hydrogen-bond acceptors (Lipinski definition) is 3. The Morgan fingerprint density at radius 1 is 0.966 bits per heavy atom. The van der Waals surface area contributed by atoms with Crippen LogP contribution in [0.4, 0.5) is 10.1 Å². The zero-order valence-electron chi connectivity index (χ0n) is 16.0. The molecule has 0 spiro atoms. The van der Waals surface area contributed by atoms with Crippen LogP contribution in [0.1, 0.15) is 10.4 Å². The summed E-state index contributed by atoms with van der Waals surface area (Å²) in [6.07, 6.45) is 0. The summed E-state index contributed by atoms with van der Waals surface area (Å²) < 4.78 is 13.3. The Hall–Kier alpha value is -3.26. The van der Waals surface area contributed by atoms with Gasteiger partial charge in [-0.1, -0.05) is 24.3 Å². The molecule has 7 nitrogen and oxygen atoms in total. The highest BCUT2D eigenvalue weighted by molar-refractivity contribution is 6.39. The summed E-state index contributed by atoms with van der Waals surface area (Å²) in [6.45, 7) is 3.61. The van der Waals surface area contributed by atoms with Crippen molar-refractivity contribution in [1.29, 1.82) is 0 Å². The quantitative estimate of drug-likeness (QED) is 0.615. The first-order valence-electron chi connectivity index (χ1n) is 9.55. The maximum atomic E-state index is 13.3. The summed E-state index contributed by atoms with van der Waals surface area (Å²) in [5.41, 5.74) is 0.919. The van der Waals surface area contributed by atoms with Crippen molar-refractivity contribution in [2.24, 2.45) is 0 Å². The van der Waals surface area contributed by atoms with Crippen LogP contribution >= 0.6 is 0 Å². The van der Waals surface area contributed by atoms with Gasteiger partial charge in [0.15, 0.2) is 0 Å². The van der Waals surface area contributed by atoms with E-state index < -0.39 is 17.6 Å². The minimum Gasteiger partial charge on any atom is -0.342 e. The third kappa shape index (κ3) is 5.86. The normalized spacial score (nSPS) is 14.3. The molecule has 0 radical (unpaired) electrons. The number of nitrogens with one attached hydrogen (secondary N) is 3. The molecule has 1 saturated heterocycles. The highest BCUT2D eigenvalue weighted by Gasteiger charge is 2.24. The van der Waals surface area contributed by atoms with Crippen molar-refractivity contribution >= 4 is 23.4 Å². The molecular weight excluding hydrogens is 375 g/mol. The molecule has 0 saturated carbocycles. The van der Waals surface area contributed by atoms with Crippen molar-refractivity contribution in [2.45, 2.75) is 0 Å². The first-order valence-corrected chi connectivity index (χ1v) is 9.55. The smallest absolute Gasteiger partial charge is 0.313 e. The van der Waals surface area contributed by atoms with Gasteiger partial charge in [0.2, 0.25) is 0 Å². The number of benzene rings is 2. The van der Waals surface area contributed by atoms with E-state index in [-0.39, 0.29) is 5.91 Å². The van der Waals surface area contributed by atoms with E-state index in [1.54, 1.807) is 35.2 Å². The zero-order valence-corrected chi connectivity index (χ0v) is 16.0. The van der Waals surface area contributed by atoms with Crippen LogP contribution in [0.25, 0.3) is 0 Å². The van der Waals surface area contributed by atoms with E-state index in [0.29, 0.717) is 37.4 Å². The van der Waals surface area contributed by atoms with E-state index in [9.17, 15) is 18.8 Å². The van der Waals surface area contributed by atoms with Gasteiger partial charge in [0.25, 0.3) is 5.91 Å². The Balaban J connectivity index is 1.37. The zero-order chi connectivity index (χ0) is 20.6. The molecule has 1 fully saturated rings. The topological polar surface area (TPSA) is 83.0 Å². The number of carbonyl (C=O) groups excluding carboxylic acids is 3. The van der Waals surface area contributed by atoms with E-state index >= 15 is 0 Å². The second kappa shape index (κ2) is 9.79. The molecule has 2 aromatic rings. The fourth-order valence-electron chi connectivity index (χ4n) is 3.22. The standard InChI is InChI=1S/C21H23FN4O3/c22-17-6-4-5-16(15-17)21(29)26-13-11-25(12-14-26)10-9-23-19(27)20(28)24-18-7-2-1-3-8-18/h1-8,15H,9-14H2,(H,23,27)(H,24,28)/p+1. The first kappa shape index (κ1) is 20.5. The van der Waals surface area contributed by atoms with Gasteiger partial charge in [0.1, 0.15) is 5.82 Å². The molecule has 1 heterocycles. The first-order chi connectivity index (χ1) is 14.0. The van der Waals surface area contributed by atoms with Crippen LogP contribution in [-0.4, -0.2) is 61.9 Å². The number of piperazine rings is 1. The predicted octanol–water partition coefficient (Wildman–Crippen LogP) is -0.0787. The van der Waals surface area contributed by atoms with Crippen LogP contribution in [0.3, 0.4) is 0 Å². The summed E-state index contributed by atoms with van der Waals surface area (Å²) in [4.78, 5) is 39.2. The maximum absolute atomic E-state index is 13.3. The summed E-state index contributed by atoms with van der Waals surface area (Å²) in [5, 5.41) is 5.16. The van der Waals surface area contributed by atoms with Crippen LogP contribution in [0.15, 0.2) is 54.6 Å². The lowest BCUT2D eigenvalue weighted by molar-refractivity contribution is -0.902. The molecule has 152 valence electrons. The Morgan fingerprint density at radius 3 is 2.38 bits per heavy atom. The van der Waals surface area contributed by atoms with E-state index in [4.69, 9.17) is 0 Å². The summed E-state index contributed by atoms with van der Waals surface area (Å²) >= 11 is 0. The number of rotatable bonds is 5. The van der Waals surface area contributed by atoms with Gasteiger partial charge in [-0.05, 0) is 30.3 Å². The summed E-state index contributed by atoms with van der Waals surface area (Å²) in [7, 11) is 0. The lowest BCUT2D eigenvalue weighted by atomic mass is 10.1. The van der Waals surface area contributed by atoms with Crippen LogP contribution in [-0.2, 0) is 9.59 Å². The number of halogens is 1. The van der Waals surface area contributed by atoms with Gasteiger partial charge >= 0.3 is 11.8 Å². The molecular formula is C21H24FN4O3+.